The minimum absolute atomic E-state index is 0.594. The second kappa shape index (κ2) is 6.69. The van der Waals surface area contributed by atoms with E-state index >= 15 is 0 Å². The molecule has 1 aliphatic rings. The van der Waals surface area contributed by atoms with E-state index in [1.54, 1.807) is 14.2 Å². The Hall–Kier alpha value is -1.38. The third kappa shape index (κ3) is 3.55. The van der Waals surface area contributed by atoms with Crippen LogP contribution in [0.25, 0.3) is 0 Å². The standard InChI is InChI=1S/C16H25NO2/c1-4-12-6-5-7-13(10-12)17-14-8-9-15(18-2)16(11-14)19-3/h8-9,11-13,17H,4-7,10H2,1-3H3. The molecule has 1 saturated carbocycles. The summed E-state index contributed by atoms with van der Waals surface area (Å²) in [5.74, 6) is 2.45. The van der Waals surface area contributed by atoms with Gasteiger partial charge in [0.05, 0.1) is 14.2 Å². The number of anilines is 1. The quantitative estimate of drug-likeness (QED) is 0.868. The summed E-state index contributed by atoms with van der Waals surface area (Å²) in [7, 11) is 3.34. The molecule has 1 aromatic rings. The Labute approximate surface area is 116 Å². The van der Waals surface area contributed by atoms with Crippen LogP contribution in [0.2, 0.25) is 0 Å². The molecule has 0 heterocycles. The highest BCUT2D eigenvalue weighted by molar-refractivity contribution is 5.55. The number of nitrogens with one attached hydrogen (secondary N) is 1. The van der Waals surface area contributed by atoms with Crippen molar-refractivity contribution in [3.63, 3.8) is 0 Å². The van der Waals surface area contributed by atoms with Gasteiger partial charge in [-0.3, -0.25) is 0 Å². The van der Waals surface area contributed by atoms with Gasteiger partial charge in [-0.15, -0.1) is 0 Å². The van der Waals surface area contributed by atoms with Gasteiger partial charge in [-0.05, 0) is 30.9 Å². The first-order valence-electron chi connectivity index (χ1n) is 7.25. The Balaban J connectivity index is 2.02. The molecule has 0 radical (unpaired) electrons. The van der Waals surface area contributed by atoms with Gasteiger partial charge in [0.15, 0.2) is 11.5 Å². The molecule has 3 nitrogen and oxygen atoms in total. The first-order chi connectivity index (χ1) is 9.26. The molecular weight excluding hydrogens is 238 g/mol. The summed E-state index contributed by atoms with van der Waals surface area (Å²) in [6.07, 6.45) is 6.57. The van der Waals surface area contributed by atoms with E-state index in [1.807, 2.05) is 12.1 Å². The van der Waals surface area contributed by atoms with Crippen LogP contribution >= 0.6 is 0 Å². The lowest BCUT2D eigenvalue weighted by Gasteiger charge is -2.30. The number of rotatable bonds is 5. The summed E-state index contributed by atoms with van der Waals surface area (Å²) in [5, 5.41) is 3.64. The lowest BCUT2D eigenvalue weighted by Crippen LogP contribution is -2.27. The first-order valence-corrected chi connectivity index (χ1v) is 7.25. The maximum atomic E-state index is 5.34. The Morgan fingerprint density at radius 1 is 1.16 bits per heavy atom. The molecule has 0 spiro atoms. The zero-order valence-electron chi connectivity index (χ0n) is 12.2. The lowest BCUT2D eigenvalue weighted by molar-refractivity contribution is 0.327. The minimum Gasteiger partial charge on any atom is -0.493 e. The van der Waals surface area contributed by atoms with Gasteiger partial charge in [0.2, 0.25) is 0 Å². The van der Waals surface area contributed by atoms with Crippen molar-refractivity contribution in [1.82, 2.24) is 0 Å². The highest BCUT2D eigenvalue weighted by Gasteiger charge is 2.20. The van der Waals surface area contributed by atoms with Gasteiger partial charge in [0, 0.05) is 17.8 Å². The van der Waals surface area contributed by atoms with Crippen molar-refractivity contribution in [3.05, 3.63) is 18.2 Å². The largest absolute Gasteiger partial charge is 0.493 e. The van der Waals surface area contributed by atoms with E-state index in [9.17, 15) is 0 Å². The number of ether oxygens (including phenoxy) is 2. The van der Waals surface area contributed by atoms with E-state index in [2.05, 4.69) is 18.3 Å². The minimum atomic E-state index is 0.594. The van der Waals surface area contributed by atoms with Crippen molar-refractivity contribution in [3.8, 4) is 11.5 Å². The average molecular weight is 263 g/mol. The van der Waals surface area contributed by atoms with Crippen molar-refractivity contribution in [2.45, 2.75) is 45.1 Å². The van der Waals surface area contributed by atoms with E-state index in [0.717, 1.165) is 23.1 Å². The van der Waals surface area contributed by atoms with Crippen LogP contribution in [-0.2, 0) is 0 Å². The molecule has 0 aromatic heterocycles. The van der Waals surface area contributed by atoms with Crippen LogP contribution in [0, 0.1) is 5.92 Å². The number of benzene rings is 1. The van der Waals surface area contributed by atoms with Gasteiger partial charge in [-0.2, -0.15) is 0 Å². The number of hydrogen-bond donors (Lipinski definition) is 1. The van der Waals surface area contributed by atoms with Gasteiger partial charge in [-0.1, -0.05) is 26.2 Å². The molecule has 2 unspecified atom stereocenters. The smallest absolute Gasteiger partial charge is 0.162 e. The van der Waals surface area contributed by atoms with Crippen LogP contribution in [0.1, 0.15) is 39.0 Å². The Morgan fingerprint density at radius 2 is 1.95 bits per heavy atom. The summed E-state index contributed by atoms with van der Waals surface area (Å²) < 4.78 is 10.6. The molecule has 3 heteroatoms. The maximum absolute atomic E-state index is 5.34. The predicted molar refractivity (Wildman–Crippen MR) is 79.2 cm³/mol. The van der Waals surface area contributed by atoms with E-state index in [4.69, 9.17) is 9.47 Å². The average Bonchev–Trinajstić information content (AvgIpc) is 2.47. The topological polar surface area (TPSA) is 30.5 Å². The molecule has 0 bridgehead atoms. The van der Waals surface area contributed by atoms with Crippen LogP contribution in [0.5, 0.6) is 11.5 Å². The Morgan fingerprint density at radius 3 is 2.63 bits per heavy atom. The number of methoxy groups -OCH3 is 2. The monoisotopic (exact) mass is 263 g/mol. The first kappa shape index (κ1) is 14.0. The molecule has 2 rings (SSSR count). The van der Waals surface area contributed by atoms with Crippen LogP contribution in [-0.4, -0.2) is 20.3 Å². The molecule has 1 N–H and O–H groups in total. The molecule has 1 aliphatic carbocycles. The molecular formula is C16H25NO2. The predicted octanol–water partition coefficient (Wildman–Crippen LogP) is 4.08. The van der Waals surface area contributed by atoms with Crippen molar-refractivity contribution in [2.75, 3.05) is 19.5 Å². The highest BCUT2D eigenvalue weighted by atomic mass is 16.5. The second-order valence-electron chi connectivity index (χ2n) is 5.35. The summed E-state index contributed by atoms with van der Waals surface area (Å²) in [4.78, 5) is 0. The second-order valence-corrected chi connectivity index (χ2v) is 5.35. The van der Waals surface area contributed by atoms with Crippen molar-refractivity contribution in [2.24, 2.45) is 5.92 Å². The zero-order chi connectivity index (χ0) is 13.7. The fourth-order valence-corrected chi connectivity index (χ4v) is 2.95. The molecule has 1 fully saturated rings. The van der Waals surface area contributed by atoms with Crippen molar-refractivity contribution >= 4 is 5.69 Å². The molecule has 1 aromatic carbocycles. The zero-order valence-corrected chi connectivity index (χ0v) is 12.2. The van der Waals surface area contributed by atoms with E-state index in [0.29, 0.717) is 6.04 Å². The van der Waals surface area contributed by atoms with Crippen LogP contribution in [0.4, 0.5) is 5.69 Å². The van der Waals surface area contributed by atoms with E-state index in [1.165, 1.54) is 32.1 Å². The fraction of sp³-hybridized carbons (Fsp3) is 0.625. The normalized spacial score (nSPS) is 22.9. The van der Waals surface area contributed by atoms with Crippen LogP contribution in [0.3, 0.4) is 0 Å². The van der Waals surface area contributed by atoms with Crippen LogP contribution in [0.15, 0.2) is 18.2 Å². The van der Waals surface area contributed by atoms with E-state index in [-0.39, 0.29) is 0 Å². The summed E-state index contributed by atoms with van der Waals surface area (Å²) in [5.41, 5.74) is 1.12. The maximum Gasteiger partial charge on any atom is 0.162 e. The van der Waals surface area contributed by atoms with Gasteiger partial charge in [-0.25, -0.2) is 0 Å². The molecule has 106 valence electrons. The number of hydrogen-bond acceptors (Lipinski definition) is 3. The third-order valence-electron chi connectivity index (χ3n) is 4.11. The molecule has 2 atom stereocenters. The molecule has 0 amide bonds. The van der Waals surface area contributed by atoms with Crippen LogP contribution < -0.4 is 14.8 Å². The summed E-state index contributed by atoms with van der Waals surface area (Å²) >= 11 is 0. The SMILES string of the molecule is CCC1CCCC(Nc2ccc(OC)c(OC)c2)C1. The Kier molecular flexibility index (Phi) is 4.94. The highest BCUT2D eigenvalue weighted by Crippen LogP contribution is 2.32. The van der Waals surface area contributed by atoms with Gasteiger partial charge >= 0.3 is 0 Å². The van der Waals surface area contributed by atoms with Gasteiger partial charge < -0.3 is 14.8 Å². The van der Waals surface area contributed by atoms with Gasteiger partial charge in [0.25, 0.3) is 0 Å². The Bertz CT molecular complexity index is 406. The van der Waals surface area contributed by atoms with Crippen molar-refractivity contribution < 1.29 is 9.47 Å². The van der Waals surface area contributed by atoms with Gasteiger partial charge in [0.1, 0.15) is 0 Å². The third-order valence-corrected chi connectivity index (χ3v) is 4.11. The molecule has 0 saturated heterocycles. The molecule has 19 heavy (non-hydrogen) atoms. The fourth-order valence-electron chi connectivity index (χ4n) is 2.95. The summed E-state index contributed by atoms with van der Waals surface area (Å²) in [6, 6.07) is 6.64. The lowest BCUT2D eigenvalue weighted by atomic mass is 9.84. The molecule has 0 aliphatic heterocycles. The van der Waals surface area contributed by atoms with Crippen molar-refractivity contribution in [1.29, 1.82) is 0 Å². The van der Waals surface area contributed by atoms with E-state index < -0.39 is 0 Å². The summed E-state index contributed by atoms with van der Waals surface area (Å²) in [6.45, 7) is 2.30.